The maximum absolute atomic E-state index is 11.9. The lowest BCUT2D eigenvalue weighted by atomic mass is 10.2. The monoisotopic (exact) mass is 262 g/mol. The fourth-order valence-corrected chi connectivity index (χ4v) is 1.89. The number of aliphatic hydroxyl groups excluding tert-OH is 1. The Morgan fingerprint density at radius 2 is 2.32 bits per heavy atom. The molecule has 0 spiro atoms. The third-order valence-electron chi connectivity index (χ3n) is 2.93. The second-order valence-corrected chi connectivity index (χ2v) is 4.57. The summed E-state index contributed by atoms with van der Waals surface area (Å²) in [5.74, 6) is -0.241. The van der Waals surface area contributed by atoms with E-state index in [9.17, 15) is 9.90 Å². The lowest BCUT2D eigenvalue weighted by molar-refractivity contribution is 0.0910. The van der Waals surface area contributed by atoms with E-state index in [2.05, 4.69) is 15.3 Å². The van der Waals surface area contributed by atoms with Gasteiger partial charge in [0.2, 0.25) is 0 Å². The first-order chi connectivity index (χ1) is 9.11. The van der Waals surface area contributed by atoms with Crippen LogP contribution in [0.2, 0.25) is 0 Å². The third-order valence-corrected chi connectivity index (χ3v) is 2.93. The van der Waals surface area contributed by atoms with E-state index in [1.54, 1.807) is 17.0 Å². The molecule has 102 valence electrons. The second kappa shape index (κ2) is 5.79. The standard InChI is InChI=1S/C13H18N4O2/c1-3-4-10(18)7-15-13(19)9-5-11-12(14-6-9)17(2)8-16-11/h5-6,8,10,18H,3-4,7H2,1-2H3,(H,15,19). The molecule has 0 radical (unpaired) electrons. The quantitative estimate of drug-likeness (QED) is 0.837. The maximum Gasteiger partial charge on any atom is 0.253 e. The van der Waals surface area contributed by atoms with Crippen molar-refractivity contribution in [2.45, 2.75) is 25.9 Å². The van der Waals surface area contributed by atoms with Crippen LogP contribution in [0, 0.1) is 0 Å². The first-order valence-electron chi connectivity index (χ1n) is 6.35. The number of fused-ring (bicyclic) bond motifs is 1. The van der Waals surface area contributed by atoms with Crippen LogP contribution in [0.1, 0.15) is 30.1 Å². The summed E-state index contributed by atoms with van der Waals surface area (Å²) in [5.41, 5.74) is 1.88. The van der Waals surface area contributed by atoms with Gasteiger partial charge in [-0.15, -0.1) is 0 Å². The van der Waals surface area contributed by atoms with Crippen molar-refractivity contribution in [2.24, 2.45) is 7.05 Å². The van der Waals surface area contributed by atoms with Crippen LogP contribution in [-0.2, 0) is 7.05 Å². The highest BCUT2D eigenvalue weighted by Gasteiger charge is 2.11. The Hall–Kier alpha value is -1.95. The molecule has 1 atom stereocenters. The number of pyridine rings is 1. The molecule has 2 rings (SSSR count). The normalized spacial score (nSPS) is 12.6. The number of nitrogens with zero attached hydrogens (tertiary/aromatic N) is 3. The zero-order valence-corrected chi connectivity index (χ0v) is 11.1. The summed E-state index contributed by atoms with van der Waals surface area (Å²) >= 11 is 0. The Balaban J connectivity index is 2.05. The molecule has 0 aliphatic carbocycles. The number of imidazole rings is 1. The lowest BCUT2D eigenvalue weighted by Crippen LogP contribution is -2.32. The average molecular weight is 262 g/mol. The van der Waals surface area contributed by atoms with Gasteiger partial charge in [0.15, 0.2) is 5.65 Å². The number of hydrogen-bond acceptors (Lipinski definition) is 4. The molecule has 0 saturated heterocycles. The number of aromatic nitrogens is 3. The van der Waals surface area contributed by atoms with Gasteiger partial charge in [-0.05, 0) is 12.5 Å². The Labute approximate surface area is 111 Å². The van der Waals surface area contributed by atoms with E-state index >= 15 is 0 Å². The van der Waals surface area contributed by atoms with E-state index in [-0.39, 0.29) is 12.5 Å². The largest absolute Gasteiger partial charge is 0.391 e. The molecular weight excluding hydrogens is 244 g/mol. The van der Waals surface area contributed by atoms with Crippen LogP contribution in [0.25, 0.3) is 11.2 Å². The number of rotatable bonds is 5. The number of hydrogen-bond donors (Lipinski definition) is 2. The van der Waals surface area contributed by atoms with E-state index in [0.717, 1.165) is 12.1 Å². The minimum Gasteiger partial charge on any atom is -0.391 e. The minimum atomic E-state index is -0.500. The molecule has 0 aromatic carbocycles. The number of amides is 1. The van der Waals surface area contributed by atoms with Crippen molar-refractivity contribution in [3.63, 3.8) is 0 Å². The van der Waals surface area contributed by atoms with E-state index in [1.807, 2.05) is 14.0 Å². The van der Waals surface area contributed by atoms with Crippen LogP contribution in [0.5, 0.6) is 0 Å². The fraction of sp³-hybridized carbons (Fsp3) is 0.462. The van der Waals surface area contributed by atoms with Gasteiger partial charge in [-0.1, -0.05) is 13.3 Å². The van der Waals surface area contributed by atoms with Gasteiger partial charge < -0.3 is 15.0 Å². The van der Waals surface area contributed by atoms with Crippen LogP contribution >= 0.6 is 0 Å². The topological polar surface area (TPSA) is 80.0 Å². The minimum absolute atomic E-state index is 0.241. The molecule has 0 bridgehead atoms. The van der Waals surface area contributed by atoms with E-state index in [4.69, 9.17) is 0 Å². The molecule has 19 heavy (non-hydrogen) atoms. The van der Waals surface area contributed by atoms with Gasteiger partial charge >= 0.3 is 0 Å². The number of carbonyl (C=O) groups is 1. The first-order valence-corrected chi connectivity index (χ1v) is 6.35. The van der Waals surface area contributed by atoms with Gasteiger partial charge in [-0.2, -0.15) is 0 Å². The Kier molecular flexibility index (Phi) is 4.11. The zero-order chi connectivity index (χ0) is 13.8. The summed E-state index contributed by atoms with van der Waals surface area (Å²) in [6.07, 6.45) is 4.24. The first kappa shape index (κ1) is 13.5. The fourth-order valence-electron chi connectivity index (χ4n) is 1.89. The van der Waals surface area contributed by atoms with E-state index in [1.165, 1.54) is 6.20 Å². The Bertz CT molecular complexity index is 579. The number of aliphatic hydroxyl groups is 1. The molecule has 6 nitrogen and oxygen atoms in total. The van der Waals surface area contributed by atoms with Crippen molar-refractivity contribution in [1.29, 1.82) is 0 Å². The molecule has 0 aliphatic rings. The van der Waals surface area contributed by atoms with Crippen LogP contribution in [-0.4, -0.2) is 38.2 Å². The van der Waals surface area contributed by atoms with Gasteiger partial charge in [0, 0.05) is 19.8 Å². The van der Waals surface area contributed by atoms with Crippen molar-refractivity contribution < 1.29 is 9.90 Å². The lowest BCUT2D eigenvalue weighted by Gasteiger charge is -2.10. The SMILES string of the molecule is CCCC(O)CNC(=O)c1cnc2c(c1)ncn2C. The predicted molar refractivity (Wildman–Crippen MR) is 71.8 cm³/mol. The van der Waals surface area contributed by atoms with Gasteiger partial charge in [-0.3, -0.25) is 4.79 Å². The van der Waals surface area contributed by atoms with Crippen LogP contribution in [0.15, 0.2) is 18.6 Å². The summed E-state index contributed by atoms with van der Waals surface area (Å²) in [5, 5.41) is 12.3. The average Bonchev–Trinajstić information content (AvgIpc) is 2.77. The second-order valence-electron chi connectivity index (χ2n) is 4.57. The molecule has 0 aliphatic heterocycles. The van der Waals surface area contributed by atoms with Gasteiger partial charge in [-0.25, -0.2) is 9.97 Å². The summed E-state index contributed by atoms with van der Waals surface area (Å²) in [6.45, 7) is 2.25. The summed E-state index contributed by atoms with van der Waals surface area (Å²) < 4.78 is 1.79. The number of carbonyl (C=O) groups excluding carboxylic acids is 1. The molecular formula is C13H18N4O2. The Morgan fingerprint density at radius 3 is 3.05 bits per heavy atom. The van der Waals surface area contributed by atoms with E-state index < -0.39 is 6.10 Å². The third kappa shape index (κ3) is 3.08. The van der Waals surface area contributed by atoms with Crippen molar-refractivity contribution >= 4 is 17.1 Å². The molecule has 1 amide bonds. The zero-order valence-electron chi connectivity index (χ0n) is 11.1. The maximum atomic E-state index is 11.9. The van der Waals surface area contributed by atoms with Crippen molar-refractivity contribution in [3.05, 3.63) is 24.2 Å². The van der Waals surface area contributed by atoms with Gasteiger partial charge in [0.05, 0.1) is 18.0 Å². The van der Waals surface area contributed by atoms with Crippen LogP contribution in [0.4, 0.5) is 0 Å². The molecule has 2 aromatic heterocycles. The van der Waals surface area contributed by atoms with E-state index in [0.29, 0.717) is 17.5 Å². The van der Waals surface area contributed by atoms with Crippen LogP contribution in [0.3, 0.4) is 0 Å². The highest BCUT2D eigenvalue weighted by atomic mass is 16.3. The molecule has 1 unspecified atom stereocenters. The Morgan fingerprint density at radius 1 is 1.53 bits per heavy atom. The molecule has 2 heterocycles. The summed E-state index contributed by atoms with van der Waals surface area (Å²) in [4.78, 5) is 20.3. The molecule has 2 aromatic rings. The number of aryl methyl sites for hydroxylation is 1. The van der Waals surface area contributed by atoms with Gasteiger partial charge in [0.25, 0.3) is 5.91 Å². The molecule has 2 N–H and O–H groups in total. The molecule has 0 fully saturated rings. The molecule has 0 saturated carbocycles. The highest BCUT2D eigenvalue weighted by Crippen LogP contribution is 2.10. The van der Waals surface area contributed by atoms with Gasteiger partial charge in [0.1, 0.15) is 5.52 Å². The number of nitrogens with one attached hydrogen (secondary N) is 1. The van der Waals surface area contributed by atoms with Crippen LogP contribution < -0.4 is 5.32 Å². The highest BCUT2D eigenvalue weighted by molar-refractivity contribution is 5.96. The van der Waals surface area contributed by atoms with Crippen molar-refractivity contribution in [2.75, 3.05) is 6.54 Å². The smallest absolute Gasteiger partial charge is 0.253 e. The summed E-state index contributed by atoms with van der Waals surface area (Å²) in [6, 6.07) is 1.70. The van der Waals surface area contributed by atoms with Crippen molar-refractivity contribution in [3.8, 4) is 0 Å². The van der Waals surface area contributed by atoms with Crippen molar-refractivity contribution in [1.82, 2.24) is 19.9 Å². The predicted octanol–water partition coefficient (Wildman–Crippen LogP) is 0.859. The summed E-state index contributed by atoms with van der Waals surface area (Å²) in [7, 11) is 1.85. The molecule has 6 heteroatoms.